The van der Waals surface area contributed by atoms with Gasteiger partial charge in [-0.05, 0) is 37.3 Å². The lowest BCUT2D eigenvalue weighted by Crippen LogP contribution is -2.35. The van der Waals surface area contributed by atoms with Crippen molar-refractivity contribution >= 4 is 11.8 Å². The van der Waals surface area contributed by atoms with Gasteiger partial charge in [-0.15, -0.1) is 0 Å². The molecular weight excluding hydrogens is 182 g/mol. The molecule has 0 aromatic heterocycles. The fourth-order valence-corrected chi connectivity index (χ4v) is 1.75. The maximum absolute atomic E-state index is 8.84. The molecule has 0 aliphatic carbocycles. The zero-order valence-corrected chi connectivity index (χ0v) is 9.86. The first-order valence-electron chi connectivity index (χ1n) is 5.05. The molecule has 0 aliphatic rings. The van der Waals surface area contributed by atoms with Gasteiger partial charge in [0.1, 0.15) is 0 Å². The Labute approximate surface area is 86.5 Å². The van der Waals surface area contributed by atoms with Crippen LogP contribution in [0.4, 0.5) is 0 Å². The first-order valence-corrected chi connectivity index (χ1v) is 6.45. The molecule has 0 spiro atoms. The standard InChI is InChI=1S/C10H23NOS/c1-9(2)10(5-7-12)11-6-4-8-13-3/h9-12H,4-8H2,1-3H3. The molecule has 0 fully saturated rings. The summed E-state index contributed by atoms with van der Waals surface area (Å²) in [6.45, 7) is 5.76. The second kappa shape index (κ2) is 8.85. The molecule has 0 radical (unpaired) electrons. The Balaban J connectivity index is 3.45. The fourth-order valence-electron chi connectivity index (χ4n) is 1.31. The molecule has 1 atom stereocenters. The van der Waals surface area contributed by atoms with Crippen molar-refractivity contribution < 1.29 is 5.11 Å². The quantitative estimate of drug-likeness (QED) is 0.592. The van der Waals surface area contributed by atoms with Gasteiger partial charge in [-0.3, -0.25) is 0 Å². The molecule has 2 nitrogen and oxygen atoms in total. The van der Waals surface area contributed by atoms with E-state index in [9.17, 15) is 0 Å². The highest BCUT2D eigenvalue weighted by Gasteiger charge is 2.10. The third-order valence-corrected chi connectivity index (χ3v) is 2.87. The van der Waals surface area contributed by atoms with Gasteiger partial charge in [-0.1, -0.05) is 13.8 Å². The third kappa shape index (κ3) is 7.35. The lowest BCUT2D eigenvalue weighted by atomic mass is 10.0. The van der Waals surface area contributed by atoms with Gasteiger partial charge in [-0.2, -0.15) is 11.8 Å². The predicted octanol–water partition coefficient (Wildman–Crippen LogP) is 1.74. The molecule has 0 aromatic rings. The van der Waals surface area contributed by atoms with Crippen LogP contribution in [0.2, 0.25) is 0 Å². The maximum atomic E-state index is 8.84. The van der Waals surface area contributed by atoms with Crippen LogP contribution in [0.5, 0.6) is 0 Å². The van der Waals surface area contributed by atoms with E-state index < -0.39 is 0 Å². The van der Waals surface area contributed by atoms with Crippen molar-refractivity contribution in [1.82, 2.24) is 5.32 Å². The number of hydrogen-bond donors (Lipinski definition) is 2. The van der Waals surface area contributed by atoms with Crippen LogP contribution in [0, 0.1) is 5.92 Å². The van der Waals surface area contributed by atoms with E-state index in [-0.39, 0.29) is 0 Å². The molecule has 0 saturated carbocycles. The van der Waals surface area contributed by atoms with E-state index in [1.165, 1.54) is 12.2 Å². The van der Waals surface area contributed by atoms with Crippen molar-refractivity contribution in [2.45, 2.75) is 32.7 Å². The molecule has 2 N–H and O–H groups in total. The summed E-state index contributed by atoms with van der Waals surface area (Å²) in [5.74, 6) is 1.83. The van der Waals surface area contributed by atoms with E-state index in [0.717, 1.165) is 13.0 Å². The minimum absolute atomic E-state index is 0.290. The SMILES string of the molecule is CSCCCNC(CCO)C(C)C. The van der Waals surface area contributed by atoms with E-state index in [4.69, 9.17) is 5.11 Å². The van der Waals surface area contributed by atoms with Crippen LogP contribution < -0.4 is 5.32 Å². The number of nitrogens with one attached hydrogen (secondary N) is 1. The van der Waals surface area contributed by atoms with Gasteiger partial charge >= 0.3 is 0 Å². The Hall–Kier alpha value is 0.270. The number of rotatable bonds is 8. The highest BCUT2D eigenvalue weighted by Crippen LogP contribution is 2.05. The van der Waals surface area contributed by atoms with Crippen LogP contribution in [0.25, 0.3) is 0 Å². The van der Waals surface area contributed by atoms with Crippen molar-refractivity contribution in [1.29, 1.82) is 0 Å². The summed E-state index contributed by atoms with van der Waals surface area (Å²) >= 11 is 1.89. The van der Waals surface area contributed by atoms with Crippen LogP contribution >= 0.6 is 11.8 Å². The number of aliphatic hydroxyl groups is 1. The minimum atomic E-state index is 0.290. The molecule has 0 saturated heterocycles. The molecule has 3 heteroatoms. The summed E-state index contributed by atoms with van der Waals surface area (Å²) < 4.78 is 0. The molecule has 1 unspecified atom stereocenters. The first kappa shape index (κ1) is 13.3. The highest BCUT2D eigenvalue weighted by molar-refractivity contribution is 7.98. The molecule has 0 amide bonds. The maximum Gasteiger partial charge on any atom is 0.0445 e. The Kier molecular flexibility index (Phi) is 9.03. The summed E-state index contributed by atoms with van der Waals surface area (Å²) in [6.07, 6.45) is 4.22. The second-order valence-corrected chi connectivity index (χ2v) is 4.65. The van der Waals surface area contributed by atoms with Crippen LogP contribution in [0.1, 0.15) is 26.7 Å². The first-order chi connectivity index (χ1) is 6.22. The summed E-state index contributed by atoms with van der Waals surface area (Å²) in [5.41, 5.74) is 0. The molecule has 80 valence electrons. The monoisotopic (exact) mass is 205 g/mol. The Morgan fingerprint density at radius 1 is 1.38 bits per heavy atom. The Bertz CT molecular complexity index is 109. The molecule has 0 heterocycles. The van der Waals surface area contributed by atoms with Gasteiger partial charge in [0.15, 0.2) is 0 Å². The van der Waals surface area contributed by atoms with Crippen molar-refractivity contribution in [3.8, 4) is 0 Å². The largest absolute Gasteiger partial charge is 0.396 e. The van der Waals surface area contributed by atoms with Gasteiger partial charge in [0.2, 0.25) is 0 Å². The van der Waals surface area contributed by atoms with E-state index in [1.54, 1.807) is 0 Å². The second-order valence-electron chi connectivity index (χ2n) is 3.66. The van der Waals surface area contributed by atoms with E-state index in [1.807, 2.05) is 11.8 Å². The lowest BCUT2D eigenvalue weighted by molar-refractivity contribution is 0.245. The van der Waals surface area contributed by atoms with Crippen molar-refractivity contribution in [3.63, 3.8) is 0 Å². The highest BCUT2D eigenvalue weighted by atomic mass is 32.2. The third-order valence-electron chi connectivity index (χ3n) is 2.18. The van der Waals surface area contributed by atoms with Crippen molar-refractivity contribution in [2.24, 2.45) is 5.92 Å². The van der Waals surface area contributed by atoms with E-state index in [0.29, 0.717) is 18.6 Å². The van der Waals surface area contributed by atoms with Gasteiger partial charge in [0, 0.05) is 12.6 Å². The van der Waals surface area contributed by atoms with Crippen LogP contribution in [-0.2, 0) is 0 Å². The van der Waals surface area contributed by atoms with Crippen LogP contribution in [0.15, 0.2) is 0 Å². The normalized spacial score (nSPS) is 13.6. The zero-order chi connectivity index (χ0) is 10.1. The minimum Gasteiger partial charge on any atom is -0.396 e. The van der Waals surface area contributed by atoms with Gasteiger partial charge in [0.05, 0.1) is 0 Å². The van der Waals surface area contributed by atoms with Crippen LogP contribution in [-0.4, -0.2) is 36.3 Å². The summed E-state index contributed by atoms with van der Waals surface area (Å²) in [6, 6.07) is 0.479. The Morgan fingerprint density at radius 3 is 2.54 bits per heavy atom. The van der Waals surface area contributed by atoms with E-state index in [2.05, 4.69) is 25.4 Å². The van der Waals surface area contributed by atoms with Crippen molar-refractivity contribution in [3.05, 3.63) is 0 Å². The molecule has 13 heavy (non-hydrogen) atoms. The summed E-state index contributed by atoms with van der Waals surface area (Å²) in [5, 5.41) is 12.3. The summed E-state index contributed by atoms with van der Waals surface area (Å²) in [4.78, 5) is 0. The number of aliphatic hydroxyl groups excluding tert-OH is 1. The number of thioether (sulfide) groups is 1. The topological polar surface area (TPSA) is 32.3 Å². The number of hydrogen-bond acceptors (Lipinski definition) is 3. The molecule has 0 aromatic carbocycles. The zero-order valence-electron chi connectivity index (χ0n) is 9.05. The molecule has 0 rings (SSSR count). The average molecular weight is 205 g/mol. The molecular formula is C10H23NOS. The summed E-state index contributed by atoms with van der Waals surface area (Å²) in [7, 11) is 0. The van der Waals surface area contributed by atoms with Gasteiger partial charge in [0.25, 0.3) is 0 Å². The van der Waals surface area contributed by atoms with Gasteiger partial charge in [-0.25, -0.2) is 0 Å². The molecule has 0 bridgehead atoms. The fraction of sp³-hybridized carbons (Fsp3) is 1.00. The average Bonchev–Trinajstić information content (AvgIpc) is 2.10. The van der Waals surface area contributed by atoms with E-state index >= 15 is 0 Å². The Morgan fingerprint density at radius 2 is 2.08 bits per heavy atom. The smallest absolute Gasteiger partial charge is 0.0445 e. The van der Waals surface area contributed by atoms with Crippen LogP contribution in [0.3, 0.4) is 0 Å². The lowest BCUT2D eigenvalue weighted by Gasteiger charge is -2.21. The van der Waals surface area contributed by atoms with Crippen molar-refractivity contribution in [2.75, 3.05) is 25.2 Å². The predicted molar refractivity (Wildman–Crippen MR) is 61.3 cm³/mol. The molecule has 0 aliphatic heterocycles. The van der Waals surface area contributed by atoms with Gasteiger partial charge < -0.3 is 10.4 Å².